The second-order valence-electron chi connectivity index (χ2n) is 4.64. The van der Waals surface area contributed by atoms with E-state index in [-0.39, 0.29) is 5.75 Å². The Balaban J connectivity index is 2.31. The van der Waals surface area contributed by atoms with Crippen LogP contribution >= 0.6 is 0 Å². The van der Waals surface area contributed by atoms with Crippen molar-refractivity contribution in [3.05, 3.63) is 35.4 Å². The van der Waals surface area contributed by atoms with Crippen LogP contribution in [0, 0.1) is 6.92 Å². The fourth-order valence-electron chi connectivity index (χ4n) is 1.60. The van der Waals surface area contributed by atoms with Gasteiger partial charge in [0.2, 0.25) is 10.0 Å². The quantitative estimate of drug-likeness (QED) is 0.391. The number of rotatable bonds is 7. The molecular weight excluding hydrogens is 288 g/mol. The Morgan fingerprint density at radius 1 is 1.14 bits per heavy atom. The molecule has 0 bridgehead atoms. The number of nitrogens with zero attached hydrogens (tertiary/aromatic N) is 1. The average molecular weight is 312 g/mol. The van der Waals surface area contributed by atoms with E-state index in [9.17, 15) is 8.42 Å². The first-order chi connectivity index (χ1) is 9.96. The monoisotopic (exact) mass is 312 g/mol. The molecule has 0 aliphatic carbocycles. The van der Waals surface area contributed by atoms with E-state index >= 15 is 0 Å². The van der Waals surface area contributed by atoms with Crippen LogP contribution in [-0.4, -0.2) is 40.3 Å². The predicted octanol–water partition coefficient (Wildman–Crippen LogP) is 0.599. The van der Waals surface area contributed by atoms with Crippen LogP contribution < -0.4 is 15.4 Å². The van der Waals surface area contributed by atoms with Crippen molar-refractivity contribution >= 4 is 16.0 Å². The maximum absolute atomic E-state index is 11.3. The zero-order valence-electron chi connectivity index (χ0n) is 12.8. The molecule has 0 aliphatic rings. The third kappa shape index (κ3) is 7.10. The van der Waals surface area contributed by atoms with Gasteiger partial charge in [0.15, 0.2) is 5.96 Å². The molecule has 0 heterocycles. The third-order valence-corrected chi connectivity index (χ3v) is 4.33. The maximum Gasteiger partial charge on any atom is 0.211 e. The fourth-order valence-corrected chi connectivity index (χ4v) is 2.22. The van der Waals surface area contributed by atoms with E-state index in [4.69, 9.17) is 0 Å². The van der Waals surface area contributed by atoms with Crippen molar-refractivity contribution in [3.8, 4) is 0 Å². The standard InChI is InChI=1S/C14H24N4O2S/c1-4-21(19,20)18-10-9-16-14(15-3)17-11-13-7-5-12(2)6-8-13/h5-8,18H,4,9-11H2,1-3H3,(H2,15,16,17). The van der Waals surface area contributed by atoms with Gasteiger partial charge in [-0.2, -0.15) is 0 Å². The molecule has 7 heteroatoms. The predicted molar refractivity (Wildman–Crippen MR) is 86.8 cm³/mol. The molecule has 0 fully saturated rings. The molecule has 118 valence electrons. The topological polar surface area (TPSA) is 82.6 Å². The summed E-state index contributed by atoms with van der Waals surface area (Å²) in [7, 11) is -1.45. The van der Waals surface area contributed by atoms with E-state index in [0.717, 1.165) is 5.56 Å². The lowest BCUT2D eigenvalue weighted by molar-refractivity contribution is 0.582. The SMILES string of the molecule is CCS(=O)(=O)NCCNC(=NC)NCc1ccc(C)cc1. The van der Waals surface area contributed by atoms with E-state index in [1.165, 1.54) is 5.56 Å². The minimum atomic E-state index is -3.13. The molecule has 21 heavy (non-hydrogen) atoms. The summed E-state index contributed by atoms with van der Waals surface area (Å²) in [5.74, 6) is 0.735. The number of hydrogen-bond acceptors (Lipinski definition) is 3. The Bertz CT molecular complexity index is 553. The highest BCUT2D eigenvalue weighted by Gasteiger charge is 2.04. The van der Waals surface area contributed by atoms with Crippen LogP contribution in [0.15, 0.2) is 29.3 Å². The average Bonchev–Trinajstić information content (AvgIpc) is 2.48. The Labute approximate surface area is 127 Å². The number of sulfonamides is 1. The summed E-state index contributed by atoms with van der Waals surface area (Å²) in [5.41, 5.74) is 2.39. The molecule has 0 atom stereocenters. The molecule has 1 aromatic carbocycles. The lowest BCUT2D eigenvalue weighted by atomic mass is 10.1. The minimum absolute atomic E-state index is 0.0907. The summed E-state index contributed by atoms with van der Waals surface area (Å²) in [6.07, 6.45) is 0. The molecule has 6 nitrogen and oxygen atoms in total. The highest BCUT2D eigenvalue weighted by atomic mass is 32.2. The molecule has 0 saturated carbocycles. The van der Waals surface area contributed by atoms with E-state index < -0.39 is 10.0 Å². The molecule has 0 aromatic heterocycles. The third-order valence-electron chi connectivity index (χ3n) is 2.92. The van der Waals surface area contributed by atoms with E-state index in [0.29, 0.717) is 25.6 Å². The minimum Gasteiger partial charge on any atom is -0.355 e. The van der Waals surface area contributed by atoms with Gasteiger partial charge in [-0.3, -0.25) is 4.99 Å². The van der Waals surface area contributed by atoms with Gasteiger partial charge in [0.1, 0.15) is 0 Å². The van der Waals surface area contributed by atoms with E-state index in [2.05, 4.69) is 51.5 Å². The van der Waals surface area contributed by atoms with Crippen LogP contribution in [0.3, 0.4) is 0 Å². The van der Waals surface area contributed by atoms with Gasteiger partial charge in [-0.1, -0.05) is 29.8 Å². The van der Waals surface area contributed by atoms with Crippen molar-refractivity contribution in [3.63, 3.8) is 0 Å². The van der Waals surface area contributed by atoms with Gasteiger partial charge in [-0.15, -0.1) is 0 Å². The summed E-state index contributed by atoms with van der Waals surface area (Å²) < 4.78 is 25.0. The van der Waals surface area contributed by atoms with Crippen molar-refractivity contribution in [2.24, 2.45) is 4.99 Å². The second kappa shape index (κ2) is 8.63. The van der Waals surface area contributed by atoms with Gasteiger partial charge in [0, 0.05) is 26.7 Å². The highest BCUT2D eigenvalue weighted by molar-refractivity contribution is 7.89. The molecular formula is C14H24N4O2S. The molecule has 0 saturated heterocycles. The smallest absolute Gasteiger partial charge is 0.211 e. The Kier molecular flexibility index (Phi) is 7.18. The number of guanidine groups is 1. The number of benzene rings is 1. The van der Waals surface area contributed by atoms with Crippen molar-refractivity contribution in [2.75, 3.05) is 25.9 Å². The first-order valence-electron chi connectivity index (χ1n) is 6.94. The van der Waals surface area contributed by atoms with Crippen molar-refractivity contribution in [1.29, 1.82) is 0 Å². The Morgan fingerprint density at radius 3 is 2.38 bits per heavy atom. The maximum atomic E-state index is 11.3. The fraction of sp³-hybridized carbons (Fsp3) is 0.500. The van der Waals surface area contributed by atoms with Gasteiger partial charge in [-0.05, 0) is 19.4 Å². The summed E-state index contributed by atoms with van der Waals surface area (Å²) >= 11 is 0. The zero-order valence-corrected chi connectivity index (χ0v) is 13.6. The summed E-state index contributed by atoms with van der Waals surface area (Å²) in [5, 5.41) is 6.24. The molecule has 0 spiro atoms. The van der Waals surface area contributed by atoms with Crippen LogP contribution in [0.4, 0.5) is 0 Å². The molecule has 0 aliphatic heterocycles. The lowest BCUT2D eigenvalue weighted by Gasteiger charge is -2.12. The van der Waals surface area contributed by atoms with Crippen molar-refractivity contribution in [1.82, 2.24) is 15.4 Å². The van der Waals surface area contributed by atoms with E-state index in [1.807, 2.05) is 0 Å². The first kappa shape index (κ1) is 17.5. The van der Waals surface area contributed by atoms with Crippen LogP contribution in [0.5, 0.6) is 0 Å². The van der Waals surface area contributed by atoms with Gasteiger partial charge in [-0.25, -0.2) is 13.1 Å². The highest BCUT2D eigenvalue weighted by Crippen LogP contribution is 2.02. The molecule has 0 amide bonds. The van der Waals surface area contributed by atoms with Crippen LogP contribution in [0.2, 0.25) is 0 Å². The van der Waals surface area contributed by atoms with Crippen LogP contribution in [-0.2, 0) is 16.6 Å². The molecule has 3 N–H and O–H groups in total. The molecule has 0 radical (unpaired) electrons. The van der Waals surface area contributed by atoms with Crippen LogP contribution in [0.1, 0.15) is 18.1 Å². The second-order valence-corrected chi connectivity index (χ2v) is 6.73. The summed E-state index contributed by atoms with van der Waals surface area (Å²) in [6.45, 7) is 5.14. The zero-order chi connectivity index (χ0) is 15.7. The number of hydrogen-bond donors (Lipinski definition) is 3. The van der Waals surface area contributed by atoms with Crippen molar-refractivity contribution < 1.29 is 8.42 Å². The molecule has 1 rings (SSSR count). The Hall–Kier alpha value is -1.60. The summed E-state index contributed by atoms with van der Waals surface area (Å²) in [6, 6.07) is 8.25. The van der Waals surface area contributed by atoms with Crippen LogP contribution in [0.25, 0.3) is 0 Å². The normalized spacial score (nSPS) is 12.2. The van der Waals surface area contributed by atoms with Crippen molar-refractivity contribution in [2.45, 2.75) is 20.4 Å². The summed E-state index contributed by atoms with van der Waals surface area (Å²) in [4.78, 5) is 4.09. The number of aliphatic imine (C=N–C) groups is 1. The van der Waals surface area contributed by atoms with Gasteiger partial charge < -0.3 is 10.6 Å². The van der Waals surface area contributed by atoms with Gasteiger partial charge >= 0.3 is 0 Å². The molecule has 1 aromatic rings. The largest absolute Gasteiger partial charge is 0.355 e. The lowest BCUT2D eigenvalue weighted by Crippen LogP contribution is -2.41. The Morgan fingerprint density at radius 2 is 1.81 bits per heavy atom. The van der Waals surface area contributed by atoms with Gasteiger partial charge in [0.05, 0.1) is 5.75 Å². The van der Waals surface area contributed by atoms with Gasteiger partial charge in [0.25, 0.3) is 0 Å². The van der Waals surface area contributed by atoms with E-state index in [1.54, 1.807) is 14.0 Å². The molecule has 0 unspecified atom stereocenters. The number of aryl methyl sites for hydroxylation is 1. The first-order valence-corrected chi connectivity index (χ1v) is 8.59. The number of nitrogens with one attached hydrogen (secondary N) is 3.